The van der Waals surface area contributed by atoms with Crippen molar-refractivity contribution in [2.75, 3.05) is 13.2 Å². The average Bonchev–Trinajstić information content (AvgIpc) is 3.26. The fourth-order valence-corrected chi connectivity index (χ4v) is 3.26. The molecule has 28 heavy (non-hydrogen) atoms. The third-order valence-corrected chi connectivity index (χ3v) is 4.71. The first-order valence-electron chi connectivity index (χ1n) is 8.66. The monoisotopic (exact) mass is 380 g/mol. The molecule has 1 aromatic carbocycles. The lowest BCUT2D eigenvalue weighted by Gasteiger charge is -2.13. The van der Waals surface area contributed by atoms with E-state index in [2.05, 4.69) is 21.4 Å². The molecule has 0 atom stereocenters. The topological polar surface area (TPSA) is 103 Å². The van der Waals surface area contributed by atoms with Crippen LogP contribution in [0.1, 0.15) is 17.8 Å². The van der Waals surface area contributed by atoms with E-state index >= 15 is 0 Å². The second kappa shape index (κ2) is 7.84. The lowest BCUT2D eigenvalue weighted by molar-refractivity contribution is 0.0879. The number of rotatable bonds is 5. The second-order valence-electron chi connectivity index (χ2n) is 6.55. The Morgan fingerprint density at radius 2 is 2.04 bits per heavy atom. The molecule has 3 aromatic heterocycles. The molecule has 146 valence electrons. The minimum Gasteiger partial charge on any atom is -0.394 e. The summed E-state index contributed by atoms with van der Waals surface area (Å²) in [5.41, 5.74) is 4.21. The van der Waals surface area contributed by atoms with Crippen LogP contribution in [0.25, 0.3) is 33.2 Å². The van der Waals surface area contributed by atoms with Gasteiger partial charge in [0, 0.05) is 52.6 Å². The van der Waals surface area contributed by atoms with Crippen LogP contribution in [0.3, 0.4) is 0 Å². The van der Waals surface area contributed by atoms with Crippen molar-refractivity contribution >= 4 is 27.8 Å². The lowest BCUT2D eigenvalue weighted by Crippen LogP contribution is -2.40. The number of hydrogen-bond acceptors (Lipinski definition) is 4. The van der Waals surface area contributed by atoms with Crippen LogP contribution in [0.2, 0.25) is 0 Å². The van der Waals surface area contributed by atoms with Crippen LogP contribution in [0, 0.1) is 0 Å². The van der Waals surface area contributed by atoms with E-state index in [9.17, 15) is 4.79 Å². The summed E-state index contributed by atoms with van der Waals surface area (Å²) in [6.07, 6.45) is 3.77. The number of aromatic nitrogens is 3. The average molecular weight is 380 g/mol. The van der Waals surface area contributed by atoms with Crippen molar-refractivity contribution in [2.45, 2.75) is 13.5 Å². The minimum absolute atomic E-state index is 0. The van der Waals surface area contributed by atoms with E-state index in [4.69, 9.17) is 10.2 Å². The number of hydrogen-bond donors (Lipinski definition) is 4. The van der Waals surface area contributed by atoms with E-state index in [0.29, 0.717) is 5.56 Å². The van der Waals surface area contributed by atoms with Crippen LogP contribution < -0.4 is 5.32 Å². The number of fused-ring (bicyclic) bond motifs is 2. The highest BCUT2D eigenvalue weighted by Crippen LogP contribution is 2.31. The number of carbonyl (C=O) groups excluding carboxylic acids is 1. The van der Waals surface area contributed by atoms with E-state index in [1.165, 1.54) is 0 Å². The summed E-state index contributed by atoms with van der Waals surface area (Å²) >= 11 is 0. The lowest BCUT2D eigenvalue weighted by atomic mass is 10.1. The van der Waals surface area contributed by atoms with E-state index in [-0.39, 0.29) is 26.5 Å². The molecule has 4 aromatic rings. The van der Waals surface area contributed by atoms with Gasteiger partial charge in [0.1, 0.15) is 5.65 Å². The van der Waals surface area contributed by atoms with Crippen molar-refractivity contribution < 1.29 is 15.0 Å². The Balaban J connectivity index is 0.00000225. The van der Waals surface area contributed by atoms with Crippen LogP contribution in [-0.2, 0) is 7.05 Å². The smallest absolute Gasteiger partial charge is 0.251 e. The number of nitrogens with zero attached hydrogens (tertiary/aromatic N) is 2. The van der Waals surface area contributed by atoms with Gasteiger partial charge in [0.15, 0.2) is 0 Å². The van der Waals surface area contributed by atoms with Gasteiger partial charge in [-0.15, -0.1) is 0 Å². The molecule has 1 amide bonds. The number of amides is 1. The number of carbonyl (C=O) groups is 1. The van der Waals surface area contributed by atoms with Gasteiger partial charge in [0.2, 0.25) is 0 Å². The third-order valence-electron chi connectivity index (χ3n) is 4.71. The molecule has 0 bridgehead atoms. The summed E-state index contributed by atoms with van der Waals surface area (Å²) < 4.78 is 1.97. The zero-order chi connectivity index (χ0) is 19.0. The first-order chi connectivity index (χ1) is 13.1. The van der Waals surface area contributed by atoms with Gasteiger partial charge in [-0.3, -0.25) is 4.79 Å². The molecule has 0 aliphatic heterocycles. The van der Waals surface area contributed by atoms with Gasteiger partial charge in [-0.1, -0.05) is 13.5 Å². The van der Waals surface area contributed by atoms with Gasteiger partial charge in [0.05, 0.1) is 19.3 Å². The van der Waals surface area contributed by atoms with Crippen molar-refractivity contribution in [3.63, 3.8) is 0 Å². The molecule has 0 spiro atoms. The molecule has 7 heteroatoms. The van der Waals surface area contributed by atoms with Gasteiger partial charge in [-0.05, 0) is 30.3 Å². The Hall–Kier alpha value is -3.16. The van der Waals surface area contributed by atoms with Crippen LogP contribution in [-0.4, -0.2) is 49.9 Å². The molecule has 7 nitrogen and oxygen atoms in total. The van der Waals surface area contributed by atoms with Crippen LogP contribution in [0.15, 0.2) is 48.8 Å². The molecule has 0 fully saturated rings. The van der Waals surface area contributed by atoms with Gasteiger partial charge in [-0.25, -0.2) is 4.98 Å². The predicted molar refractivity (Wildman–Crippen MR) is 110 cm³/mol. The van der Waals surface area contributed by atoms with Gasteiger partial charge in [-0.2, -0.15) is 0 Å². The fraction of sp³-hybridized carbons (Fsp3) is 0.238. The first-order valence-corrected chi connectivity index (χ1v) is 8.66. The SMILES string of the molecule is C.Cn1cc(-c2cc3cccnc3[nH]2)c2ccc(C(=O)NC(CO)CO)cc21. The van der Waals surface area contributed by atoms with E-state index in [1.807, 2.05) is 36.0 Å². The number of nitrogens with one attached hydrogen (secondary N) is 2. The van der Waals surface area contributed by atoms with E-state index < -0.39 is 6.04 Å². The number of pyridine rings is 1. The summed E-state index contributed by atoms with van der Waals surface area (Å²) in [4.78, 5) is 20.0. The molecule has 0 radical (unpaired) electrons. The predicted octanol–water partition coefficient (Wildman–Crippen LogP) is 2.44. The molecule has 0 unspecified atom stereocenters. The van der Waals surface area contributed by atoms with Crippen LogP contribution in [0.5, 0.6) is 0 Å². The van der Waals surface area contributed by atoms with Crippen LogP contribution >= 0.6 is 0 Å². The first kappa shape index (κ1) is 19.6. The molecule has 4 N–H and O–H groups in total. The Morgan fingerprint density at radius 3 is 2.75 bits per heavy atom. The molecule has 4 rings (SSSR count). The summed E-state index contributed by atoms with van der Waals surface area (Å²) in [5, 5.41) is 22.9. The quantitative estimate of drug-likeness (QED) is 0.427. The van der Waals surface area contributed by atoms with Crippen molar-refractivity contribution in [3.05, 3.63) is 54.4 Å². The molecular formula is C21H24N4O3. The van der Waals surface area contributed by atoms with Crippen LogP contribution in [0.4, 0.5) is 0 Å². The number of aryl methyl sites for hydroxylation is 1. The second-order valence-corrected chi connectivity index (χ2v) is 6.55. The highest BCUT2D eigenvalue weighted by molar-refractivity contribution is 6.02. The molecular weight excluding hydrogens is 356 g/mol. The fourth-order valence-electron chi connectivity index (χ4n) is 3.26. The summed E-state index contributed by atoms with van der Waals surface area (Å²) in [6.45, 7) is -0.625. The molecule has 3 heterocycles. The highest BCUT2D eigenvalue weighted by atomic mass is 16.3. The maximum absolute atomic E-state index is 12.4. The number of benzene rings is 1. The van der Waals surface area contributed by atoms with Gasteiger partial charge >= 0.3 is 0 Å². The Kier molecular flexibility index (Phi) is 5.48. The van der Waals surface area contributed by atoms with Gasteiger partial charge in [0.25, 0.3) is 5.91 Å². The van der Waals surface area contributed by atoms with Gasteiger partial charge < -0.3 is 25.1 Å². The normalized spacial score (nSPS) is 11.1. The summed E-state index contributed by atoms with van der Waals surface area (Å²) in [7, 11) is 1.93. The largest absolute Gasteiger partial charge is 0.394 e. The summed E-state index contributed by atoms with van der Waals surface area (Å²) in [5.74, 6) is -0.331. The Bertz CT molecular complexity index is 1090. The van der Waals surface area contributed by atoms with E-state index in [1.54, 1.807) is 18.3 Å². The Morgan fingerprint density at radius 1 is 1.25 bits per heavy atom. The van der Waals surface area contributed by atoms with Crippen molar-refractivity contribution in [1.29, 1.82) is 0 Å². The Labute approximate surface area is 162 Å². The maximum atomic E-state index is 12.4. The molecule has 0 aliphatic rings. The third kappa shape index (κ3) is 3.37. The maximum Gasteiger partial charge on any atom is 0.251 e. The molecule has 0 saturated heterocycles. The standard InChI is InChI=1S/C20H20N4O3.CH4/c1-24-9-16(17-7-12-3-2-6-21-19(12)23-17)15-5-4-13(8-18(15)24)20(27)22-14(10-25)11-26;/h2-9,14,25-26H,10-11H2,1H3,(H,21,23)(H,22,27);1H4. The van der Waals surface area contributed by atoms with Crippen molar-refractivity contribution in [2.24, 2.45) is 7.05 Å². The minimum atomic E-state index is -0.670. The number of aliphatic hydroxyl groups is 2. The number of H-pyrrole nitrogens is 1. The zero-order valence-corrected chi connectivity index (χ0v) is 14.8. The highest BCUT2D eigenvalue weighted by Gasteiger charge is 2.16. The molecule has 0 aliphatic carbocycles. The number of aromatic amines is 1. The molecule has 0 saturated carbocycles. The van der Waals surface area contributed by atoms with Crippen molar-refractivity contribution in [1.82, 2.24) is 19.9 Å². The van der Waals surface area contributed by atoms with E-state index in [0.717, 1.165) is 33.2 Å². The van der Waals surface area contributed by atoms with Crippen molar-refractivity contribution in [3.8, 4) is 11.3 Å². The zero-order valence-electron chi connectivity index (χ0n) is 14.8. The number of aliphatic hydroxyl groups excluding tert-OH is 2. The summed E-state index contributed by atoms with van der Waals surface area (Å²) in [6, 6.07) is 10.8.